The van der Waals surface area contributed by atoms with E-state index in [2.05, 4.69) is 264 Å². The molecule has 4 heteroatoms. The lowest BCUT2D eigenvalue weighted by Gasteiger charge is -2.15. The van der Waals surface area contributed by atoms with Crippen molar-refractivity contribution in [3.8, 4) is 84.1 Å². The number of aromatic nitrogens is 4. The third-order valence-corrected chi connectivity index (χ3v) is 13.3. The molecule has 0 fully saturated rings. The second kappa shape index (κ2) is 16.4. The maximum atomic E-state index is 5.46. The molecule has 4 nitrogen and oxygen atoms in total. The maximum Gasteiger partial charge on any atom is 0.101 e. The number of hydrogen-bond acceptors (Lipinski definition) is 2. The molecule has 0 bridgehead atoms. The summed E-state index contributed by atoms with van der Waals surface area (Å²) in [5.74, 6) is 0. The third kappa shape index (κ3) is 6.69. The van der Waals surface area contributed by atoms with Crippen molar-refractivity contribution in [3.63, 3.8) is 0 Å². The molecule has 0 spiro atoms. The van der Waals surface area contributed by atoms with E-state index in [0.29, 0.717) is 0 Å². The van der Waals surface area contributed by atoms with E-state index in [9.17, 15) is 0 Å². The molecule has 0 saturated heterocycles. The van der Waals surface area contributed by atoms with Gasteiger partial charge in [0, 0.05) is 49.7 Å². The number of nitrogens with zero attached hydrogens (tertiary/aromatic N) is 4. The highest BCUT2D eigenvalue weighted by molar-refractivity contribution is 6.13. The van der Waals surface area contributed by atoms with Crippen molar-refractivity contribution in [1.29, 1.82) is 0 Å². The summed E-state index contributed by atoms with van der Waals surface area (Å²) in [7, 11) is 0. The fraction of sp³-hybridized carbons (Fsp3) is 0. The summed E-state index contributed by atoms with van der Waals surface area (Å²) in [6, 6.07) is 91.1. The van der Waals surface area contributed by atoms with Crippen LogP contribution >= 0.6 is 0 Å². The smallest absolute Gasteiger partial charge is 0.101 e. The van der Waals surface area contributed by atoms with Crippen LogP contribution in [0.1, 0.15) is 0 Å². The molecule has 0 amide bonds. The van der Waals surface area contributed by atoms with E-state index in [4.69, 9.17) is 10.1 Å². The first-order valence-electron chi connectivity index (χ1n) is 23.2. The minimum atomic E-state index is 0.915. The number of benzene rings is 9. The second-order valence-corrected chi connectivity index (χ2v) is 17.4. The van der Waals surface area contributed by atoms with E-state index in [0.717, 1.165) is 100 Å². The van der Waals surface area contributed by atoms with Gasteiger partial charge in [-0.25, -0.2) is 9.50 Å². The van der Waals surface area contributed by atoms with Gasteiger partial charge in [0.2, 0.25) is 0 Å². The Hall–Kier alpha value is -9.12. The molecule has 0 aliphatic rings. The van der Waals surface area contributed by atoms with Crippen LogP contribution in [-0.4, -0.2) is 19.2 Å². The Balaban J connectivity index is 1.00. The number of para-hydroxylation sites is 2. The molecule has 0 N–H and O–H groups in total. The van der Waals surface area contributed by atoms with E-state index in [1.165, 1.54) is 21.8 Å². The monoisotopic (exact) mass is 866 g/mol. The van der Waals surface area contributed by atoms with Gasteiger partial charge in [0.1, 0.15) is 5.69 Å². The highest BCUT2D eigenvalue weighted by atomic mass is 15.2. The van der Waals surface area contributed by atoms with E-state index < -0.39 is 0 Å². The van der Waals surface area contributed by atoms with Crippen molar-refractivity contribution in [3.05, 3.63) is 255 Å². The summed E-state index contributed by atoms with van der Waals surface area (Å²) in [6.45, 7) is 0. The van der Waals surface area contributed by atoms with Crippen molar-refractivity contribution in [2.75, 3.05) is 0 Å². The number of fused-ring (bicyclic) bond motifs is 6. The molecule has 0 aliphatic heterocycles. The predicted molar refractivity (Wildman–Crippen MR) is 283 cm³/mol. The molecule has 0 saturated carbocycles. The summed E-state index contributed by atoms with van der Waals surface area (Å²) < 4.78 is 4.54. The fourth-order valence-corrected chi connectivity index (χ4v) is 10.2. The Labute approximate surface area is 394 Å². The molecule has 4 heterocycles. The van der Waals surface area contributed by atoms with E-state index in [1.807, 2.05) is 0 Å². The van der Waals surface area contributed by atoms with Crippen LogP contribution in [0, 0.1) is 0 Å². The molecular formula is C64H42N4. The zero-order chi connectivity index (χ0) is 45.0. The quantitative estimate of drug-likeness (QED) is 0.153. The minimum absolute atomic E-state index is 0.915. The van der Waals surface area contributed by atoms with Crippen LogP contribution < -0.4 is 0 Å². The third-order valence-electron chi connectivity index (χ3n) is 13.3. The topological polar surface area (TPSA) is 35.1 Å². The standard InChI is InChI=1S/C64H42N4/c1-5-20-43(21-6-1)57-40-50(41-58(65-57)49-30-18-31-51(39-49)67-59-36-15-13-32-53(59)54-33-14-16-37-60(54)67)47-28-17-29-48(38-47)52-34-19-35-55-56(52)42-61(44-22-7-2-8-23-44)68-64(55)62(45-24-9-3-10-25-45)63(66-68)46-26-11-4-12-27-46/h1-42H. The van der Waals surface area contributed by atoms with Crippen LogP contribution in [0.3, 0.4) is 0 Å². The summed E-state index contributed by atoms with van der Waals surface area (Å²) in [5.41, 5.74) is 19.4. The van der Waals surface area contributed by atoms with Crippen molar-refractivity contribution < 1.29 is 0 Å². The van der Waals surface area contributed by atoms with E-state index in [1.54, 1.807) is 0 Å². The molecule has 9 aromatic carbocycles. The Morgan fingerprint density at radius 1 is 0.309 bits per heavy atom. The number of pyridine rings is 2. The van der Waals surface area contributed by atoms with Crippen molar-refractivity contribution in [2.24, 2.45) is 0 Å². The van der Waals surface area contributed by atoms with E-state index in [-0.39, 0.29) is 0 Å². The Morgan fingerprint density at radius 2 is 0.824 bits per heavy atom. The Bertz CT molecular complexity index is 3950. The van der Waals surface area contributed by atoms with Crippen molar-refractivity contribution >= 4 is 38.1 Å². The Kier molecular flexibility index (Phi) is 9.47. The van der Waals surface area contributed by atoms with E-state index >= 15 is 0 Å². The fourth-order valence-electron chi connectivity index (χ4n) is 10.2. The average molecular weight is 867 g/mol. The molecule has 13 rings (SSSR count). The van der Waals surface area contributed by atoms with Crippen molar-refractivity contribution in [1.82, 2.24) is 19.2 Å². The lowest BCUT2D eigenvalue weighted by atomic mass is 9.92. The summed E-state index contributed by atoms with van der Waals surface area (Å²) in [4.78, 5) is 5.38. The molecule has 0 radical (unpaired) electrons. The zero-order valence-corrected chi connectivity index (χ0v) is 37.0. The molecule has 0 atom stereocenters. The first-order chi connectivity index (χ1) is 33.7. The normalized spacial score (nSPS) is 11.5. The summed E-state index contributed by atoms with van der Waals surface area (Å²) >= 11 is 0. The molecule has 68 heavy (non-hydrogen) atoms. The first kappa shape index (κ1) is 39.3. The van der Waals surface area contributed by atoms with Crippen LogP contribution in [0.15, 0.2) is 255 Å². The molecule has 318 valence electrons. The largest absolute Gasteiger partial charge is 0.309 e. The lowest BCUT2D eigenvalue weighted by Crippen LogP contribution is -1.97. The minimum Gasteiger partial charge on any atom is -0.309 e. The average Bonchev–Trinajstić information content (AvgIpc) is 3.99. The number of rotatable bonds is 8. The lowest BCUT2D eigenvalue weighted by molar-refractivity contribution is 0.979. The van der Waals surface area contributed by atoms with Gasteiger partial charge in [0.15, 0.2) is 0 Å². The van der Waals surface area contributed by atoms with Gasteiger partial charge >= 0.3 is 0 Å². The van der Waals surface area contributed by atoms with Crippen LogP contribution in [-0.2, 0) is 0 Å². The van der Waals surface area contributed by atoms with Gasteiger partial charge in [0.05, 0.1) is 33.6 Å². The van der Waals surface area contributed by atoms with Gasteiger partial charge in [-0.15, -0.1) is 0 Å². The van der Waals surface area contributed by atoms with Crippen LogP contribution in [0.4, 0.5) is 0 Å². The summed E-state index contributed by atoms with van der Waals surface area (Å²) in [5, 5.41) is 10.2. The van der Waals surface area contributed by atoms with Crippen LogP contribution in [0.25, 0.3) is 122 Å². The molecule has 13 aromatic rings. The SMILES string of the molecule is c1ccc(-c2cc(-c3cccc(-c4cccc5c4cc(-c4ccccc4)n4nc(-c6ccccc6)c(-c6ccccc6)c54)c3)cc(-c3cccc(-n4c5ccccc5c5ccccc54)c3)n2)cc1. The van der Waals surface area contributed by atoms with Crippen LogP contribution in [0.5, 0.6) is 0 Å². The van der Waals surface area contributed by atoms with Gasteiger partial charge in [-0.1, -0.05) is 206 Å². The van der Waals surface area contributed by atoms with Gasteiger partial charge in [0.25, 0.3) is 0 Å². The molecule has 0 unspecified atom stereocenters. The summed E-state index contributed by atoms with van der Waals surface area (Å²) in [6.07, 6.45) is 0. The molecule has 4 aromatic heterocycles. The molecule has 0 aliphatic carbocycles. The van der Waals surface area contributed by atoms with Crippen LogP contribution in [0.2, 0.25) is 0 Å². The maximum absolute atomic E-state index is 5.46. The second-order valence-electron chi connectivity index (χ2n) is 17.4. The number of hydrogen-bond donors (Lipinski definition) is 0. The van der Waals surface area contributed by atoms with Crippen molar-refractivity contribution in [2.45, 2.75) is 0 Å². The highest BCUT2D eigenvalue weighted by Gasteiger charge is 2.23. The zero-order valence-electron chi connectivity index (χ0n) is 37.0. The van der Waals surface area contributed by atoms with Gasteiger partial charge < -0.3 is 4.57 Å². The highest BCUT2D eigenvalue weighted by Crippen LogP contribution is 2.44. The van der Waals surface area contributed by atoms with Gasteiger partial charge in [-0.05, 0) is 81.7 Å². The molecular weight excluding hydrogens is 825 g/mol. The first-order valence-corrected chi connectivity index (χ1v) is 23.2. The van der Waals surface area contributed by atoms with Gasteiger partial charge in [-0.3, -0.25) is 0 Å². The predicted octanol–water partition coefficient (Wildman–Crippen LogP) is 16.6. The Morgan fingerprint density at radius 3 is 1.51 bits per heavy atom. The van der Waals surface area contributed by atoms with Gasteiger partial charge in [-0.2, -0.15) is 5.10 Å².